The molecule has 2 aromatic heterocycles. The molecule has 4 rings (SSSR count). The minimum absolute atomic E-state index is 0.329. The summed E-state index contributed by atoms with van der Waals surface area (Å²) in [7, 11) is 1.97. The van der Waals surface area contributed by atoms with Gasteiger partial charge in [0.05, 0.1) is 24.6 Å². The Labute approximate surface area is 248 Å². The summed E-state index contributed by atoms with van der Waals surface area (Å²) in [5.74, 6) is -8.27. The number of piperazine rings is 1. The SMILES string of the molecule is Cn1cc(CN2CCN3C[C@H](OCc4ccccn4)C[C@H]3C2)cn1.O=C(O)C(F)(F)F.O=C(O)C(F)(F)F.O=C(O)C(F)(F)F. The molecule has 0 amide bonds. The van der Waals surface area contributed by atoms with Crippen LogP contribution < -0.4 is 0 Å². The van der Waals surface area contributed by atoms with Crippen molar-refractivity contribution in [3.63, 3.8) is 0 Å². The molecule has 254 valence electrons. The van der Waals surface area contributed by atoms with E-state index in [9.17, 15) is 39.5 Å². The number of aliphatic carboxylic acids is 3. The van der Waals surface area contributed by atoms with Gasteiger partial charge in [-0.1, -0.05) is 6.07 Å². The molecule has 2 atom stereocenters. The molecule has 12 nitrogen and oxygen atoms in total. The minimum Gasteiger partial charge on any atom is -0.475 e. The lowest BCUT2D eigenvalue weighted by Crippen LogP contribution is -2.49. The predicted molar refractivity (Wildman–Crippen MR) is 132 cm³/mol. The molecule has 2 aliphatic rings. The minimum atomic E-state index is -5.08. The predicted octanol–water partition coefficient (Wildman–Crippen LogP) is 3.19. The van der Waals surface area contributed by atoms with Gasteiger partial charge < -0.3 is 20.1 Å². The Hall–Kier alpha value is -3.98. The van der Waals surface area contributed by atoms with Gasteiger partial charge in [-0.2, -0.15) is 44.6 Å². The fourth-order valence-corrected chi connectivity index (χ4v) is 3.82. The number of hydrogen-bond acceptors (Lipinski definition) is 8. The van der Waals surface area contributed by atoms with E-state index in [0.29, 0.717) is 18.8 Å². The Bertz CT molecular complexity index is 1170. The van der Waals surface area contributed by atoms with Crippen LogP contribution in [0.1, 0.15) is 17.7 Å². The van der Waals surface area contributed by atoms with Crippen molar-refractivity contribution in [3.8, 4) is 0 Å². The van der Waals surface area contributed by atoms with Crippen molar-refractivity contribution in [2.24, 2.45) is 7.05 Å². The highest BCUT2D eigenvalue weighted by Gasteiger charge is 2.40. The van der Waals surface area contributed by atoms with Crippen LogP contribution in [0.5, 0.6) is 0 Å². The number of nitrogens with zero attached hydrogens (tertiary/aromatic N) is 5. The Morgan fingerprint density at radius 2 is 1.42 bits per heavy atom. The van der Waals surface area contributed by atoms with E-state index in [1.807, 2.05) is 42.3 Å². The van der Waals surface area contributed by atoms with Crippen LogP contribution in [0, 0.1) is 0 Å². The van der Waals surface area contributed by atoms with Gasteiger partial charge in [-0.05, 0) is 18.6 Å². The summed E-state index contributed by atoms with van der Waals surface area (Å²) in [5.41, 5.74) is 2.31. The van der Waals surface area contributed by atoms with Crippen LogP contribution >= 0.6 is 0 Å². The van der Waals surface area contributed by atoms with Crippen molar-refractivity contribution < 1.29 is 74.0 Å². The Morgan fingerprint density at radius 1 is 0.889 bits per heavy atom. The smallest absolute Gasteiger partial charge is 0.475 e. The average molecular weight is 669 g/mol. The van der Waals surface area contributed by atoms with Crippen molar-refractivity contribution >= 4 is 17.9 Å². The van der Waals surface area contributed by atoms with Crippen molar-refractivity contribution in [1.29, 1.82) is 0 Å². The summed E-state index contributed by atoms with van der Waals surface area (Å²) in [5, 5.41) is 25.6. The van der Waals surface area contributed by atoms with E-state index in [1.165, 1.54) is 5.56 Å². The Morgan fingerprint density at radius 3 is 1.84 bits per heavy atom. The third-order valence-corrected chi connectivity index (χ3v) is 5.75. The molecule has 0 spiro atoms. The van der Waals surface area contributed by atoms with Crippen LogP contribution in [0.15, 0.2) is 36.8 Å². The fraction of sp³-hybridized carbons (Fsp3) is 0.542. The maximum atomic E-state index is 10.6. The van der Waals surface area contributed by atoms with Gasteiger partial charge in [-0.15, -0.1) is 0 Å². The van der Waals surface area contributed by atoms with Gasteiger partial charge in [-0.25, -0.2) is 14.4 Å². The summed E-state index contributed by atoms with van der Waals surface area (Å²) in [6.07, 6.45) is -7.89. The zero-order valence-corrected chi connectivity index (χ0v) is 23.2. The number of rotatable bonds is 5. The molecule has 0 bridgehead atoms. The molecular weight excluding hydrogens is 641 g/mol. The number of alkyl halides is 9. The van der Waals surface area contributed by atoms with Gasteiger partial charge in [0.15, 0.2) is 0 Å². The molecule has 45 heavy (non-hydrogen) atoms. The average Bonchev–Trinajstić information content (AvgIpc) is 3.52. The fourth-order valence-electron chi connectivity index (χ4n) is 3.82. The summed E-state index contributed by atoms with van der Waals surface area (Å²) in [4.78, 5) is 36.2. The van der Waals surface area contributed by atoms with Crippen molar-refractivity contribution in [1.82, 2.24) is 24.6 Å². The summed E-state index contributed by atoms with van der Waals surface area (Å²) >= 11 is 0. The molecule has 0 aliphatic carbocycles. The van der Waals surface area contributed by atoms with Crippen LogP contribution in [0.2, 0.25) is 0 Å². The van der Waals surface area contributed by atoms with Crippen molar-refractivity contribution in [2.45, 2.75) is 50.2 Å². The number of aromatic nitrogens is 3. The first kappa shape index (κ1) is 39.0. The van der Waals surface area contributed by atoms with Crippen LogP contribution in [0.25, 0.3) is 0 Å². The molecule has 21 heteroatoms. The normalized spacial score (nSPS) is 18.6. The van der Waals surface area contributed by atoms with E-state index in [4.69, 9.17) is 34.4 Å². The van der Waals surface area contributed by atoms with Gasteiger partial charge in [0, 0.05) is 63.8 Å². The molecule has 3 N–H and O–H groups in total. The highest BCUT2D eigenvalue weighted by molar-refractivity contribution is 5.73. The molecule has 0 saturated carbocycles. The molecule has 0 aromatic carbocycles. The highest BCUT2D eigenvalue weighted by Crippen LogP contribution is 2.25. The quantitative estimate of drug-likeness (QED) is 0.402. The second-order valence-corrected chi connectivity index (χ2v) is 9.30. The standard InChI is InChI=1S/C18H25N5O.3C2HF3O2/c1-21-10-15(9-20-21)11-22-6-7-23-13-18(8-17(23)12-22)24-14-16-4-2-3-5-19-16;3*3-2(4,5)1(6)7/h2-5,9-10,17-18H,6-8,11-14H2,1H3;3*(H,6,7)/t17-,18+;;;/m0.../s1. The molecule has 4 heterocycles. The topological polar surface area (TPSA) is 158 Å². The number of carboxylic acids is 3. The maximum absolute atomic E-state index is 10.6. The zero-order valence-electron chi connectivity index (χ0n) is 23.2. The number of carbonyl (C=O) groups is 3. The lowest BCUT2D eigenvalue weighted by molar-refractivity contribution is -0.193. The molecule has 2 saturated heterocycles. The molecule has 2 aliphatic heterocycles. The molecule has 2 fully saturated rings. The van der Waals surface area contributed by atoms with Crippen LogP contribution in [0.4, 0.5) is 39.5 Å². The second-order valence-electron chi connectivity index (χ2n) is 9.30. The van der Waals surface area contributed by atoms with E-state index in [0.717, 1.165) is 44.8 Å². The molecule has 0 unspecified atom stereocenters. The van der Waals surface area contributed by atoms with Gasteiger partial charge in [0.1, 0.15) is 0 Å². The number of fused-ring (bicyclic) bond motifs is 1. The van der Waals surface area contributed by atoms with E-state index >= 15 is 0 Å². The number of pyridine rings is 1. The number of ether oxygens (including phenoxy) is 1. The lowest BCUT2D eigenvalue weighted by atomic mass is 10.1. The largest absolute Gasteiger partial charge is 0.490 e. The maximum Gasteiger partial charge on any atom is 0.490 e. The Balaban J connectivity index is 0.000000396. The van der Waals surface area contributed by atoms with Crippen molar-refractivity contribution in [2.75, 3.05) is 26.2 Å². The summed E-state index contributed by atoms with van der Waals surface area (Å²) in [6.45, 7) is 6.05. The molecule has 2 aromatic rings. The van der Waals surface area contributed by atoms with E-state index < -0.39 is 36.4 Å². The number of aryl methyl sites for hydroxylation is 1. The van der Waals surface area contributed by atoms with Gasteiger partial charge in [-0.3, -0.25) is 19.5 Å². The van der Waals surface area contributed by atoms with Crippen molar-refractivity contribution in [3.05, 3.63) is 48.0 Å². The van der Waals surface area contributed by atoms with Gasteiger partial charge in [0.25, 0.3) is 0 Å². The summed E-state index contributed by atoms with van der Waals surface area (Å²) < 4.78 is 103. The Kier molecular flexibility index (Phi) is 14.7. The number of halogens is 9. The number of hydrogen-bond donors (Lipinski definition) is 3. The first-order valence-corrected chi connectivity index (χ1v) is 12.4. The molecular formula is C24H28F9N5O7. The second kappa shape index (κ2) is 16.9. The van der Waals surface area contributed by atoms with Gasteiger partial charge >= 0.3 is 36.4 Å². The van der Waals surface area contributed by atoms with Crippen LogP contribution in [0.3, 0.4) is 0 Å². The van der Waals surface area contributed by atoms with E-state index in [1.54, 1.807) is 0 Å². The molecule has 0 radical (unpaired) electrons. The first-order chi connectivity index (χ1) is 20.6. The van der Waals surface area contributed by atoms with Crippen LogP contribution in [-0.4, -0.2) is 115 Å². The van der Waals surface area contributed by atoms with Crippen LogP contribution in [-0.2, 0) is 39.3 Å². The number of carboxylic acid groups (broad SMARTS) is 3. The third-order valence-electron chi connectivity index (χ3n) is 5.75. The highest BCUT2D eigenvalue weighted by atomic mass is 19.4. The van der Waals surface area contributed by atoms with E-state index in [2.05, 4.69) is 26.1 Å². The lowest BCUT2D eigenvalue weighted by Gasteiger charge is -2.37. The first-order valence-electron chi connectivity index (χ1n) is 12.4. The summed E-state index contributed by atoms with van der Waals surface area (Å²) in [6, 6.07) is 6.60. The van der Waals surface area contributed by atoms with E-state index in [-0.39, 0.29) is 0 Å². The zero-order chi connectivity index (χ0) is 34.6. The third kappa shape index (κ3) is 15.5. The van der Waals surface area contributed by atoms with Gasteiger partial charge in [0.2, 0.25) is 0 Å². The monoisotopic (exact) mass is 669 g/mol.